The topological polar surface area (TPSA) is 97.1 Å². The van der Waals surface area contributed by atoms with E-state index in [1.807, 2.05) is 34.9 Å². The van der Waals surface area contributed by atoms with Gasteiger partial charge in [-0.25, -0.2) is 10.2 Å². The summed E-state index contributed by atoms with van der Waals surface area (Å²) in [7, 11) is 1.61. The van der Waals surface area contributed by atoms with E-state index in [1.165, 1.54) is 30.3 Å². The highest BCUT2D eigenvalue weighted by Gasteiger charge is 2.17. The van der Waals surface area contributed by atoms with Gasteiger partial charge in [-0.05, 0) is 18.4 Å². The molecule has 8 heteroatoms. The first-order chi connectivity index (χ1) is 15.6. The van der Waals surface area contributed by atoms with Crippen LogP contribution in [-0.2, 0) is 13.6 Å². The van der Waals surface area contributed by atoms with Gasteiger partial charge in [0.25, 0.3) is 5.56 Å². The van der Waals surface area contributed by atoms with Crippen LogP contribution in [0.1, 0.15) is 70.8 Å². The molecule has 0 radical (unpaired) electrons. The molecule has 0 fully saturated rings. The van der Waals surface area contributed by atoms with Gasteiger partial charge in [-0.2, -0.15) is 10.1 Å². The van der Waals surface area contributed by atoms with Crippen LogP contribution >= 0.6 is 0 Å². The first-order valence-corrected chi connectivity index (χ1v) is 11.6. The molecule has 2 N–H and O–H groups in total. The predicted octanol–water partition coefficient (Wildman–Crippen LogP) is 4.40. The third kappa shape index (κ3) is 5.55. The highest BCUT2D eigenvalue weighted by atomic mass is 16.2. The molecule has 0 saturated carbocycles. The van der Waals surface area contributed by atoms with Crippen molar-refractivity contribution in [3.05, 3.63) is 56.7 Å². The normalized spacial score (nSPS) is 11.9. The van der Waals surface area contributed by atoms with Gasteiger partial charge in [0.15, 0.2) is 11.2 Å². The van der Waals surface area contributed by atoms with Crippen molar-refractivity contribution in [2.24, 2.45) is 12.1 Å². The van der Waals surface area contributed by atoms with Crippen molar-refractivity contribution < 1.29 is 0 Å². The van der Waals surface area contributed by atoms with E-state index < -0.39 is 11.2 Å². The molecule has 2 heterocycles. The summed E-state index contributed by atoms with van der Waals surface area (Å²) in [4.78, 5) is 31.7. The number of aryl methyl sites for hydroxylation is 2. The number of hydrogen-bond acceptors (Lipinski definition) is 5. The minimum atomic E-state index is -0.474. The van der Waals surface area contributed by atoms with Crippen LogP contribution in [-0.4, -0.2) is 24.8 Å². The Morgan fingerprint density at radius 3 is 2.47 bits per heavy atom. The van der Waals surface area contributed by atoms with Crippen molar-refractivity contribution in [3.8, 4) is 0 Å². The van der Waals surface area contributed by atoms with Crippen molar-refractivity contribution in [2.45, 2.75) is 71.8 Å². The Hall–Kier alpha value is -3.16. The number of anilines is 1. The second-order valence-electron chi connectivity index (χ2n) is 8.13. The standard InChI is InChI=1S/C24H34N6O2/c1-4-6-7-8-9-13-17-30-20-21(29(3)24(32)26-22(20)31)25-23(30)28-27-19(14-5-2)18-15-11-10-12-16-18/h10-12,15-16H,4-9,13-14,17H2,1-3H3,(H,25,28)(H,26,31,32). The number of hydrogen-bond donors (Lipinski definition) is 2. The number of rotatable bonds is 12. The second-order valence-corrected chi connectivity index (χ2v) is 8.13. The van der Waals surface area contributed by atoms with Gasteiger partial charge < -0.3 is 4.57 Å². The predicted molar refractivity (Wildman–Crippen MR) is 130 cm³/mol. The molecule has 32 heavy (non-hydrogen) atoms. The molecule has 3 aromatic rings. The average molecular weight is 439 g/mol. The monoisotopic (exact) mass is 438 g/mol. The second kappa shape index (κ2) is 11.5. The summed E-state index contributed by atoms with van der Waals surface area (Å²) < 4.78 is 3.22. The molecule has 8 nitrogen and oxygen atoms in total. The van der Waals surface area contributed by atoms with Crippen LogP contribution in [0.2, 0.25) is 0 Å². The molecule has 3 rings (SSSR count). The van der Waals surface area contributed by atoms with Crippen molar-refractivity contribution in [3.63, 3.8) is 0 Å². The van der Waals surface area contributed by atoms with E-state index >= 15 is 0 Å². The lowest BCUT2D eigenvalue weighted by Crippen LogP contribution is -2.29. The van der Waals surface area contributed by atoms with Crippen LogP contribution in [0.5, 0.6) is 0 Å². The number of benzene rings is 1. The van der Waals surface area contributed by atoms with Gasteiger partial charge >= 0.3 is 5.69 Å². The molecule has 0 saturated heterocycles. The quantitative estimate of drug-likeness (QED) is 0.249. The summed E-state index contributed by atoms with van der Waals surface area (Å²) in [5.41, 5.74) is 4.93. The number of aromatic nitrogens is 4. The minimum absolute atomic E-state index is 0.360. The smallest absolute Gasteiger partial charge is 0.303 e. The summed E-state index contributed by atoms with van der Waals surface area (Å²) in [6.45, 7) is 4.95. The van der Waals surface area contributed by atoms with Crippen LogP contribution in [0.3, 0.4) is 0 Å². The van der Waals surface area contributed by atoms with Crippen LogP contribution in [0, 0.1) is 0 Å². The third-order valence-corrected chi connectivity index (χ3v) is 5.63. The summed E-state index contributed by atoms with van der Waals surface area (Å²) in [5, 5.41) is 4.64. The number of nitrogens with one attached hydrogen (secondary N) is 2. The maximum Gasteiger partial charge on any atom is 0.329 e. The fraction of sp³-hybridized carbons (Fsp3) is 0.500. The summed E-state index contributed by atoms with van der Waals surface area (Å²) in [6, 6.07) is 10.0. The lowest BCUT2D eigenvalue weighted by Gasteiger charge is -2.10. The number of nitrogens with zero attached hydrogens (tertiary/aromatic N) is 4. The molecular weight excluding hydrogens is 404 g/mol. The molecule has 0 aliphatic carbocycles. The molecule has 2 aromatic heterocycles. The van der Waals surface area contributed by atoms with Gasteiger partial charge in [0.05, 0.1) is 5.71 Å². The SMILES string of the molecule is CCCCCCCCn1c(NN=C(CCC)c2ccccc2)nc2c1c(=O)[nH]c(=O)n2C. The van der Waals surface area contributed by atoms with E-state index in [4.69, 9.17) is 0 Å². The lowest BCUT2D eigenvalue weighted by molar-refractivity contribution is 0.565. The Kier molecular flexibility index (Phi) is 8.41. The maximum absolute atomic E-state index is 12.6. The van der Waals surface area contributed by atoms with E-state index in [2.05, 4.69) is 34.3 Å². The van der Waals surface area contributed by atoms with Gasteiger partial charge in [-0.1, -0.05) is 82.7 Å². The Labute approximate surface area is 188 Å². The van der Waals surface area contributed by atoms with Crippen LogP contribution < -0.4 is 16.7 Å². The van der Waals surface area contributed by atoms with Crippen molar-refractivity contribution in [1.29, 1.82) is 0 Å². The zero-order chi connectivity index (χ0) is 22.9. The lowest BCUT2D eigenvalue weighted by atomic mass is 10.1. The summed E-state index contributed by atoms with van der Waals surface area (Å²) in [6.07, 6.45) is 8.63. The molecule has 0 atom stereocenters. The van der Waals surface area contributed by atoms with Gasteiger partial charge in [-0.3, -0.25) is 14.3 Å². The van der Waals surface area contributed by atoms with E-state index in [-0.39, 0.29) is 0 Å². The summed E-state index contributed by atoms with van der Waals surface area (Å²) >= 11 is 0. The van der Waals surface area contributed by atoms with Gasteiger partial charge in [-0.15, -0.1) is 0 Å². The van der Waals surface area contributed by atoms with Crippen molar-refractivity contribution in [1.82, 2.24) is 19.1 Å². The molecule has 0 unspecified atom stereocenters. The largest absolute Gasteiger partial charge is 0.329 e. The molecule has 1 aromatic carbocycles. The number of unbranched alkanes of at least 4 members (excludes halogenated alkanes) is 5. The van der Waals surface area contributed by atoms with E-state index in [0.717, 1.165) is 37.0 Å². The van der Waals surface area contributed by atoms with Crippen LogP contribution in [0.25, 0.3) is 11.2 Å². The van der Waals surface area contributed by atoms with Crippen LogP contribution in [0.4, 0.5) is 5.95 Å². The number of hydrazone groups is 1. The van der Waals surface area contributed by atoms with E-state index in [1.54, 1.807) is 7.05 Å². The Balaban J connectivity index is 1.93. The number of aromatic amines is 1. The van der Waals surface area contributed by atoms with Crippen molar-refractivity contribution in [2.75, 3.05) is 5.43 Å². The average Bonchev–Trinajstić information content (AvgIpc) is 3.17. The minimum Gasteiger partial charge on any atom is -0.303 e. The van der Waals surface area contributed by atoms with E-state index in [9.17, 15) is 9.59 Å². The fourth-order valence-electron chi connectivity index (χ4n) is 3.84. The fourth-order valence-corrected chi connectivity index (χ4v) is 3.84. The highest BCUT2D eigenvalue weighted by molar-refractivity contribution is 6.00. The Morgan fingerprint density at radius 1 is 1.03 bits per heavy atom. The Morgan fingerprint density at radius 2 is 1.75 bits per heavy atom. The van der Waals surface area contributed by atoms with Gasteiger partial charge in [0.2, 0.25) is 5.95 Å². The molecule has 0 bridgehead atoms. The first-order valence-electron chi connectivity index (χ1n) is 11.6. The number of H-pyrrole nitrogens is 1. The first kappa shape index (κ1) is 23.5. The maximum atomic E-state index is 12.6. The number of imidazole rings is 1. The molecule has 0 amide bonds. The highest BCUT2D eigenvalue weighted by Crippen LogP contribution is 2.18. The van der Waals surface area contributed by atoms with Crippen LogP contribution in [0.15, 0.2) is 45.0 Å². The zero-order valence-corrected chi connectivity index (χ0v) is 19.4. The van der Waals surface area contributed by atoms with Crippen molar-refractivity contribution >= 4 is 22.8 Å². The Bertz CT molecular complexity index is 1160. The molecule has 172 valence electrons. The number of fused-ring (bicyclic) bond motifs is 1. The van der Waals surface area contributed by atoms with Gasteiger partial charge in [0, 0.05) is 13.6 Å². The zero-order valence-electron chi connectivity index (χ0n) is 19.4. The molecular formula is C24H34N6O2. The van der Waals surface area contributed by atoms with Gasteiger partial charge in [0.1, 0.15) is 0 Å². The van der Waals surface area contributed by atoms with E-state index in [0.29, 0.717) is 23.7 Å². The molecule has 0 spiro atoms. The molecule has 0 aliphatic heterocycles. The molecule has 0 aliphatic rings. The summed E-state index contributed by atoms with van der Waals surface area (Å²) in [5.74, 6) is 0.477. The third-order valence-electron chi connectivity index (χ3n) is 5.63.